The molecule has 26 heavy (non-hydrogen) atoms. The van der Waals surface area contributed by atoms with E-state index in [0.717, 1.165) is 5.56 Å². The van der Waals surface area contributed by atoms with Crippen molar-refractivity contribution in [3.05, 3.63) is 60.2 Å². The number of amides is 2. The van der Waals surface area contributed by atoms with E-state index < -0.39 is 0 Å². The lowest BCUT2D eigenvalue weighted by Crippen LogP contribution is -2.35. The number of nitrogens with zero attached hydrogens (tertiary/aromatic N) is 1. The number of hydrogen-bond donors (Lipinski definition) is 2. The van der Waals surface area contributed by atoms with Crippen LogP contribution in [0.2, 0.25) is 0 Å². The number of rotatable bonds is 5. The van der Waals surface area contributed by atoms with E-state index >= 15 is 0 Å². The third-order valence-electron chi connectivity index (χ3n) is 4.80. The lowest BCUT2D eigenvalue weighted by Gasteiger charge is -2.27. The molecule has 0 aliphatic heterocycles. The molecule has 1 saturated carbocycles. The summed E-state index contributed by atoms with van der Waals surface area (Å²) in [5.74, 6) is -0.510. The minimum atomic E-state index is -0.332. The number of carbonyl (C=O) groups excluding carboxylic acids is 2. The fourth-order valence-corrected chi connectivity index (χ4v) is 3.23. The van der Waals surface area contributed by atoms with Gasteiger partial charge >= 0.3 is 0 Å². The number of nitrogens with one attached hydrogen (secondary N) is 2. The highest BCUT2D eigenvalue weighted by atomic mass is 19.1. The highest BCUT2D eigenvalue weighted by Crippen LogP contribution is 2.30. The summed E-state index contributed by atoms with van der Waals surface area (Å²) in [6.07, 6.45) is 6.16. The first kappa shape index (κ1) is 18.0. The minimum Gasteiger partial charge on any atom is -0.352 e. The molecule has 2 amide bonds. The Morgan fingerprint density at radius 1 is 0.923 bits per heavy atom. The SMILES string of the molecule is O=C(NCc1ccncc1)C1CCC(C(=O)Nc2ccc(F)cc2)CC1. The summed E-state index contributed by atoms with van der Waals surface area (Å²) in [7, 11) is 0. The van der Waals surface area contributed by atoms with Crippen molar-refractivity contribution in [1.82, 2.24) is 10.3 Å². The van der Waals surface area contributed by atoms with Crippen LogP contribution in [0.25, 0.3) is 0 Å². The lowest BCUT2D eigenvalue weighted by molar-refractivity contribution is -0.128. The van der Waals surface area contributed by atoms with Crippen LogP contribution in [0.1, 0.15) is 31.2 Å². The van der Waals surface area contributed by atoms with Gasteiger partial charge in [0.25, 0.3) is 0 Å². The second kappa shape index (κ2) is 8.56. The molecule has 0 saturated heterocycles. The van der Waals surface area contributed by atoms with E-state index in [1.54, 1.807) is 24.5 Å². The molecule has 0 spiro atoms. The average molecular weight is 355 g/mol. The van der Waals surface area contributed by atoms with Crippen molar-refractivity contribution in [3.8, 4) is 0 Å². The molecule has 3 rings (SSSR count). The molecular formula is C20H22FN3O2. The van der Waals surface area contributed by atoms with Crippen LogP contribution in [0.15, 0.2) is 48.8 Å². The van der Waals surface area contributed by atoms with E-state index in [2.05, 4.69) is 15.6 Å². The number of aromatic nitrogens is 1. The molecule has 0 unspecified atom stereocenters. The first-order valence-electron chi connectivity index (χ1n) is 8.85. The summed E-state index contributed by atoms with van der Waals surface area (Å²) >= 11 is 0. The predicted molar refractivity (Wildman–Crippen MR) is 96.6 cm³/mol. The summed E-state index contributed by atoms with van der Waals surface area (Å²) in [6, 6.07) is 9.48. The summed E-state index contributed by atoms with van der Waals surface area (Å²) in [6.45, 7) is 0.492. The molecule has 0 bridgehead atoms. The van der Waals surface area contributed by atoms with E-state index in [1.807, 2.05) is 12.1 Å². The van der Waals surface area contributed by atoms with Crippen LogP contribution < -0.4 is 10.6 Å². The molecule has 1 aromatic heterocycles. The molecule has 0 atom stereocenters. The normalized spacial score (nSPS) is 19.6. The molecule has 1 heterocycles. The van der Waals surface area contributed by atoms with Crippen LogP contribution in [-0.2, 0) is 16.1 Å². The van der Waals surface area contributed by atoms with E-state index in [1.165, 1.54) is 12.1 Å². The van der Waals surface area contributed by atoms with Gasteiger partial charge in [0.2, 0.25) is 11.8 Å². The molecule has 1 aliphatic rings. The smallest absolute Gasteiger partial charge is 0.227 e. The Kier molecular flexibility index (Phi) is 5.94. The van der Waals surface area contributed by atoms with E-state index in [9.17, 15) is 14.0 Å². The van der Waals surface area contributed by atoms with Crippen LogP contribution in [0, 0.1) is 17.7 Å². The Hall–Kier alpha value is -2.76. The van der Waals surface area contributed by atoms with Crippen molar-refractivity contribution >= 4 is 17.5 Å². The number of halogens is 1. The highest BCUT2D eigenvalue weighted by Gasteiger charge is 2.29. The average Bonchev–Trinajstić information content (AvgIpc) is 2.69. The summed E-state index contributed by atoms with van der Waals surface area (Å²) in [4.78, 5) is 28.6. The zero-order valence-corrected chi connectivity index (χ0v) is 14.5. The third-order valence-corrected chi connectivity index (χ3v) is 4.80. The first-order chi connectivity index (χ1) is 12.6. The Morgan fingerprint density at radius 2 is 1.50 bits per heavy atom. The van der Waals surface area contributed by atoms with Gasteiger partial charge in [0, 0.05) is 36.5 Å². The number of pyridine rings is 1. The maximum atomic E-state index is 12.9. The van der Waals surface area contributed by atoms with Gasteiger partial charge in [0.1, 0.15) is 5.82 Å². The summed E-state index contributed by atoms with van der Waals surface area (Å²) in [5.41, 5.74) is 1.61. The molecular weight excluding hydrogens is 333 g/mol. The third kappa shape index (κ3) is 4.88. The molecule has 136 valence electrons. The Labute approximate surface area is 152 Å². The van der Waals surface area contributed by atoms with E-state index in [0.29, 0.717) is 37.9 Å². The molecule has 2 N–H and O–H groups in total. The molecule has 5 nitrogen and oxygen atoms in total. The maximum absolute atomic E-state index is 12.9. The number of carbonyl (C=O) groups is 2. The van der Waals surface area contributed by atoms with Crippen LogP contribution in [0.3, 0.4) is 0 Å². The van der Waals surface area contributed by atoms with Gasteiger partial charge in [-0.25, -0.2) is 4.39 Å². The van der Waals surface area contributed by atoms with Gasteiger partial charge in [-0.3, -0.25) is 14.6 Å². The van der Waals surface area contributed by atoms with Crippen molar-refractivity contribution < 1.29 is 14.0 Å². The largest absolute Gasteiger partial charge is 0.352 e. The number of benzene rings is 1. The zero-order chi connectivity index (χ0) is 18.4. The summed E-state index contributed by atoms with van der Waals surface area (Å²) in [5, 5.41) is 5.77. The predicted octanol–water partition coefficient (Wildman–Crippen LogP) is 3.28. The molecule has 2 aromatic rings. The van der Waals surface area contributed by atoms with E-state index in [4.69, 9.17) is 0 Å². The fraction of sp³-hybridized carbons (Fsp3) is 0.350. The number of anilines is 1. The van der Waals surface area contributed by atoms with Gasteiger partial charge in [-0.1, -0.05) is 0 Å². The second-order valence-corrected chi connectivity index (χ2v) is 6.62. The van der Waals surface area contributed by atoms with Crippen LogP contribution in [0.5, 0.6) is 0 Å². The molecule has 1 aliphatic carbocycles. The zero-order valence-electron chi connectivity index (χ0n) is 14.5. The van der Waals surface area contributed by atoms with Crippen molar-refractivity contribution in [2.75, 3.05) is 5.32 Å². The molecule has 0 radical (unpaired) electrons. The van der Waals surface area contributed by atoms with Crippen LogP contribution in [-0.4, -0.2) is 16.8 Å². The monoisotopic (exact) mass is 355 g/mol. The van der Waals surface area contributed by atoms with Crippen LogP contribution >= 0.6 is 0 Å². The highest BCUT2D eigenvalue weighted by molar-refractivity contribution is 5.92. The second-order valence-electron chi connectivity index (χ2n) is 6.62. The Balaban J connectivity index is 1.43. The van der Waals surface area contributed by atoms with Crippen molar-refractivity contribution in [2.45, 2.75) is 32.2 Å². The standard InChI is InChI=1S/C20H22FN3O2/c21-17-5-7-18(8-6-17)24-20(26)16-3-1-15(2-4-16)19(25)23-13-14-9-11-22-12-10-14/h5-12,15-16H,1-4,13H2,(H,23,25)(H,24,26). The summed E-state index contributed by atoms with van der Waals surface area (Å²) < 4.78 is 12.9. The van der Waals surface area contributed by atoms with Gasteiger partial charge in [-0.2, -0.15) is 0 Å². The molecule has 1 aromatic carbocycles. The van der Waals surface area contributed by atoms with Gasteiger partial charge < -0.3 is 10.6 Å². The minimum absolute atomic E-state index is 0.0409. The van der Waals surface area contributed by atoms with Gasteiger partial charge in [-0.15, -0.1) is 0 Å². The lowest BCUT2D eigenvalue weighted by atomic mass is 9.81. The Morgan fingerprint density at radius 3 is 2.12 bits per heavy atom. The van der Waals surface area contributed by atoms with E-state index in [-0.39, 0.29) is 29.5 Å². The topological polar surface area (TPSA) is 71.1 Å². The van der Waals surface area contributed by atoms with Gasteiger partial charge in [-0.05, 0) is 67.6 Å². The first-order valence-corrected chi connectivity index (χ1v) is 8.85. The van der Waals surface area contributed by atoms with Gasteiger partial charge in [0.05, 0.1) is 0 Å². The quantitative estimate of drug-likeness (QED) is 0.865. The van der Waals surface area contributed by atoms with Gasteiger partial charge in [0.15, 0.2) is 0 Å². The molecule has 1 fully saturated rings. The van der Waals surface area contributed by atoms with Crippen LogP contribution in [0.4, 0.5) is 10.1 Å². The maximum Gasteiger partial charge on any atom is 0.227 e. The van der Waals surface area contributed by atoms with Crippen molar-refractivity contribution in [3.63, 3.8) is 0 Å². The van der Waals surface area contributed by atoms with Crippen molar-refractivity contribution in [2.24, 2.45) is 11.8 Å². The Bertz CT molecular complexity index is 741. The van der Waals surface area contributed by atoms with Crippen molar-refractivity contribution in [1.29, 1.82) is 0 Å². The fourth-order valence-electron chi connectivity index (χ4n) is 3.23. The molecule has 6 heteroatoms. The number of hydrogen-bond acceptors (Lipinski definition) is 3.